The van der Waals surface area contributed by atoms with Crippen LogP contribution in [0.4, 0.5) is 11.4 Å². The van der Waals surface area contributed by atoms with Crippen LogP contribution in [0.2, 0.25) is 0 Å². The van der Waals surface area contributed by atoms with E-state index in [0.29, 0.717) is 18.0 Å². The lowest BCUT2D eigenvalue weighted by Gasteiger charge is -2.11. The van der Waals surface area contributed by atoms with Crippen LogP contribution in [0.25, 0.3) is 0 Å². The number of carbonyl (C=O) groups is 3. The van der Waals surface area contributed by atoms with Gasteiger partial charge in [0, 0.05) is 31.8 Å². The van der Waals surface area contributed by atoms with Crippen LogP contribution in [0.5, 0.6) is 0 Å². The first-order valence-electron chi connectivity index (χ1n) is 7.53. The third-order valence-electron chi connectivity index (χ3n) is 2.80. The first-order valence-corrected chi connectivity index (χ1v) is 7.94. The van der Waals surface area contributed by atoms with Gasteiger partial charge in [-0.1, -0.05) is 6.07 Å². The van der Waals surface area contributed by atoms with Gasteiger partial charge in [-0.25, -0.2) is 0 Å². The number of hydrogen-bond donors (Lipinski definition) is 3. The number of thiocarbonyl (C=S) groups is 1. The molecule has 0 atom stereocenters. The Kier molecular flexibility index (Phi) is 9.12. The molecule has 1 aromatic carbocycles. The van der Waals surface area contributed by atoms with Crippen molar-refractivity contribution < 1.29 is 23.9 Å². The topological polar surface area (TPSA) is 106 Å². The van der Waals surface area contributed by atoms with Gasteiger partial charge in [0.05, 0.1) is 13.0 Å². The largest absolute Gasteiger partial charge is 0.463 e. The Morgan fingerprint density at radius 2 is 1.76 bits per heavy atom. The Morgan fingerprint density at radius 3 is 2.40 bits per heavy atom. The molecule has 25 heavy (non-hydrogen) atoms. The summed E-state index contributed by atoms with van der Waals surface area (Å²) in [5.41, 5.74) is 1.21. The first-order chi connectivity index (χ1) is 11.9. The number of nitrogens with one attached hydrogen (secondary N) is 3. The second-order valence-corrected chi connectivity index (χ2v) is 5.39. The minimum atomic E-state index is -0.478. The summed E-state index contributed by atoms with van der Waals surface area (Å²) < 4.78 is 9.60. The van der Waals surface area contributed by atoms with Gasteiger partial charge < -0.3 is 25.4 Å². The molecule has 0 saturated carbocycles. The summed E-state index contributed by atoms with van der Waals surface area (Å²) >= 11 is 5.05. The van der Waals surface area contributed by atoms with E-state index in [1.54, 1.807) is 24.3 Å². The summed E-state index contributed by atoms with van der Waals surface area (Å²) in [4.78, 5) is 34.2. The third-order valence-corrected chi connectivity index (χ3v) is 3.00. The van der Waals surface area contributed by atoms with E-state index in [-0.39, 0.29) is 30.5 Å². The van der Waals surface area contributed by atoms with Crippen molar-refractivity contribution >= 4 is 46.5 Å². The molecule has 2 amide bonds. The molecule has 0 aliphatic rings. The van der Waals surface area contributed by atoms with E-state index >= 15 is 0 Å². The molecule has 136 valence electrons. The lowest BCUT2D eigenvalue weighted by atomic mass is 10.2. The number of methoxy groups -OCH3 is 1. The zero-order chi connectivity index (χ0) is 18.7. The summed E-state index contributed by atoms with van der Waals surface area (Å²) in [7, 11) is 1.50. The molecule has 0 bridgehead atoms. The molecule has 3 N–H and O–H groups in total. The summed E-state index contributed by atoms with van der Waals surface area (Å²) in [6.07, 6.45) is -0.0876. The van der Waals surface area contributed by atoms with Gasteiger partial charge in [-0.05, 0) is 30.4 Å². The predicted octanol–water partition coefficient (Wildman–Crippen LogP) is 1.43. The van der Waals surface area contributed by atoms with E-state index in [0.717, 1.165) is 0 Å². The summed E-state index contributed by atoms with van der Waals surface area (Å²) in [5, 5.41) is 8.04. The fraction of sp³-hybridized carbons (Fsp3) is 0.375. The van der Waals surface area contributed by atoms with Crippen molar-refractivity contribution in [2.75, 3.05) is 31.0 Å². The van der Waals surface area contributed by atoms with Gasteiger partial charge in [-0.15, -0.1) is 0 Å². The van der Waals surface area contributed by atoms with Crippen LogP contribution in [0.3, 0.4) is 0 Å². The van der Waals surface area contributed by atoms with Gasteiger partial charge >= 0.3 is 5.97 Å². The number of rotatable bonds is 8. The van der Waals surface area contributed by atoms with E-state index in [2.05, 4.69) is 16.0 Å². The molecule has 0 aromatic heterocycles. The molecule has 0 radical (unpaired) electrons. The van der Waals surface area contributed by atoms with E-state index in [1.165, 1.54) is 14.0 Å². The highest BCUT2D eigenvalue weighted by atomic mass is 32.1. The lowest BCUT2D eigenvalue weighted by molar-refractivity contribution is -0.146. The number of benzene rings is 1. The minimum absolute atomic E-state index is 0.0421. The van der Waals surface area contributed by atoms with Crippen molar-refractivity contribution in [1.82, 2.24) is 5.32 Å². The number of esters is 1. The van der Waals surface area contributed by atoms with Crippen LogP contribution in [0.15, 0.2) is 24.3 Å². The zero-order valence-electron chi connectivity index (χ0n) is 14.1. The molecule has 0 spiro atoms. The number of hydrogen-bond acceptors (Lipinski definition) is 6. The van der Waals surface area contributed by atoms with Crippen molar-refractivity contribution in [3.63, 3.8) is 0 Å². The highest BCUT2D eigenvalue weighted by Gasteiger charge is 2.10. The molecule has 0 aliphatic carbocycles. The van der Waals surface area contributed by atoms with Gasteiger partial charge in [0.2, 0.25) is 11.8 Å². The first kappa shape index (κ1) is 20.5. The Hall–Kier alpha value is -2.52. The van der Waals surface area contributed by atoms with Crippen molar-refractivity contribution in [3.8, 4) is 0 Å². The molecule has 0 heterocycles. The maximum Gasteiger partial charge on any atom is 0.306 e. The van der Waals surface area contributed by atoms with E-state index in [4.69, 9.17) is 21.7 Å². The molecule has 0 fully saturated rings. The summed E-state index contributed by atoms with van der Waals surface area (Å²) in [6.45, 7) is 1.87. The van der Waals surface area contributed by atoms with Crippen LogP contribution in [-0.2, 0) is 23.9 Å². The van der Waals surface area contributed by atoms with Crippen LogP contribution in [0.1, 0.15) is 19.8 Å². The maximum atomic E-state index is 11.8. The summed E-state index contributed by atoms with van der Waals surface area (Å²) in [6, 6.07) is 6.86. The SMILES string of the molecule is COCCOC(=O)CCC(=O)NC(=S)Nc1cccc(NC(C)=O)c1. The molecule has 0 unspecified atom stereocenters. The number of ether oxygens (including phenoxy) is 2. The minimum Gasteiger partial charge on any atom is -0.463 e. The normalized spacial score (nSPS) is 9.84. The number of carbonyl (C=O) groups excluding carboxylic acids is 3. The second-order valence-electron chi connectivity index (χ2n) is 4.98. The van der Waals surface area contributed by atoms with E-state index < -0.39 is 11.9 Å². The average molecular weight is 367 g/mol. The maximum absolute atomic E-state index is 11.8. The smallest absolute Gasteiger partial charge is 0.306 e. The Labute approximate surface area is 151 Å². The molecule has 1 rings (SSSR count). The van der Waals surface area contributed by atoms with Crippen LogP contribution in [-0.4, -0.2) is 43.2 Å². The van der Waals surface area contributed by atoms with Gasteiger partial charge in [0.25, 0.3) is 0 Å². The van der Waals surface area contributed by atoms with Crippen LogP contribution < -0.4 is 16.0 Å². The van der Waals surface area contributed by atoms with E-state index in [1.807, 2.05) is 0 Å². The molecule has 1 aromatic rings. The molecular weight excluding hydrogens is 346 g/mol. The quantitative estimate of drug-likeness (QED) is 0.362. The van der Waals surface area contributed by atoms with Crippen LogP contribution in [0, 0.1) is 0 Å². The van der Waals surface area contributed by atoms with Gasteiger partial charge in [0.1, 0.15) is 6.61 Å². The number of amides is 2. The average Bonchev–Trinajstić information content (AvgIpc) is 2.52. The van der Waals surface area contributed by atoms with Gasteiger partial charge in [0.15, 0.2) is 5.11 Å². The predicted molar refractivity (Wildman–Crippen MR) is 97.2 cm³/mol. The van der Waals surface area contributed by atoms with Crippen molar-refractivity contribution in [2.24, 2.45) is 0 Å². The van der Waals surface area contributed by atoms with Crippen molar-refractivity contribution in [2.45, 2.75) is 19.8 Å². The molecule has 0 saturated heterocycles. The van der Waals surface area contributed by atoms with Gasteiger partial charge in [-0.2, -0.15) is 0 Å². The second kappa shape index (κ2) is 11.1. The van der Waals surface area contributed by atoms with Crippen molar-refractivity contribution in [1.29, 1.82) is 0 Å². The highest BCUT2D eigenvalue weighted by molar-refractivity contribution is 7.80. The molecule has 9 heteroatoms. The fourth-order valence-corrected chi connectivity index (χ4v) is 1.99. The molecular formula is C16H21N3O5S. The molecule has 8 nitrogen and oxygen atoms in total. The monoisotopic (exact) mass is 367 g/mol. The third kappa shape index (κ3) is 9.38. The fourth-order valence-electron chi connectivity index (χ4n) is 1.76. The van der Waals surface area contributed by atoms with Gasteiger partial charge in [-0.3, -0.25) is 14.4 Å². The van der Waals surface area contributed by atoms with Crippen molar-refractivity contribution in [3.05, 3.63) is 24.3 Å². The number of anilines is 2. The standard InChI is InChI=1S/C16H21N3O5S/c1-11(20)17-12-4-3-5-13(10-12)18-16(25)19-14(21)6-7-15(22)24-9-8-23-2/h3-5,10H,6-9H2,1-2H3,(H,17,20)(H2,18,19,21,25). The lowest BCUT2D eigenvalue weighted by Crippen LogP contribution is -2.34. The Bertz CT molecular complexity index is 636. The van der Waals surface area contributed by atoms with Crippen LogP contribution >= 0.6 is 12.2 Å². The zero-order valence-corrected chi connectivity index (χ0v) is 14.9. The molecule has 0 aliphatic heterocycles. The Balaban J connectivity index is 2.37. The highest BCUT2D eigenvalue weighted by Crippen LogP contribution is 2.14. The van der Waals surface area contributed by atoms with E-state index in [9.17, 15) is 14.4 Å². The summed E-state index contributed by atoms with van der Waals surface area (Å²) in [5.74, 6) is -1.07. The Morgan fingerprint density at radius 1 is 1.08 bits per heavy atom.